The lowest BCUT2D eigenvalue weighted by Gasteiger charge is -2.15. The van der Waals surface area contributed by atoms with Gasteiger partial charge < -0.3 is 29.0 Å². The van der Waals surface area contributed by atoms with Crippen molar-refractivity contribution in [3.63, 3.8) is 0 Å². The fourth-order valence-corrected chi connectivity index (χ4v) is 3.96. The third-order valence-corrected chi connectivity index (χ3v) is 5.60. The van der Waals surface area contributed by atoms with Crippen LogP contribution in [0.4, 0.5) is 0 Å². The molecule has 2 saturated heterocycles. The van der Waals surface area contributed by atoms with Gasteiger partial charge in [-0.25, -0.2) is 0 Å². The Hall–Kier alpha value is -2.72. The van der Waals surface area contributed by atoms with Crippen LogP contribution in [0.3, 0.4) is 0 Å². The van der Waals surface area contributed by atoms with Gasteiger partial charge in [0.1, 0.15) is 29.9 Å². The number of hydrogen-bond acceptors (Lipinski definition) is 8. The van der Waals surface area contributed by atoms with Crippen LogP contribution in [0.25, 0.3) is 11.2 Å². The van der Waals surface area contributed by atoms with E-state index in [2.05, 4.69) is 15.0 Å². The predicted octanol–water partition coefficient (Wildman–Crippen LogP) is 2.30. The Balaban J connectivity index is 1.30. The lowest BCUT2D eigenvalue weighted by molar-refractivity contribution is 0.00706. The van der Waals surface area contributed by atoms with Crippen molar-refractivity contribution in [2.45, 2.75) is 37.9 Å². The van der Waals surface area contributed by atoms with E-state index in [0.717, 1.165) is 5.56 Å². The molecule has 0 amide bonds. The van der Waals surface area contributed by atoms with E-state index in [1.165, 1.54) is 6.92 Å². The largest absolute Gasteiger partial charge is 0.472 e. The summed E-state index contributed by atoms with van der Waals surface area (Å²) in [5.74, 6) is 0.215. The van der Waals surface area contributed by atoms with Crippen LogP contribution < -0.4 is 9.47 Å². The quantitative estimate of drug-likeness (QED) is 0.555. The Morgan fingerprint density at radius 3 is 2.94 bits per heavy atom. The van der Waals surface area contributed by atoms with Crippen LogP contribution in [0.1, 0.15) is 22.8 Å². The normalized spacial score (nSPS) is 25.0. The average Bonchev–Trinajstić information content (AvgIpc) is 3.43. The minimum Gasteiger partial charge on any atom is -0.472 e. The van der Waals surface area contributed by atoms with Crippen LogP contribution in [0, 0.1) is 0 Å². The zero-order valence-electron chi connectivity index (χ0n) is 16.6. The van der Waals surface area contributed by atoms with E-state index in [1.807, 2.05) is 6.07 Å². The number of rotatable bonds is 6. The molecule has 0 radical (unpaired) electrons. The Kier molecular flexibility index (Phi) is 5.27. The molecule has 2 aliphatic heterocycles. The molecule has 1 aromatic carbocycles. The number of hydrogen-bond donors (Lipinski definition) is 2. The molecule has 2 fully saturated rings. The molecule has 0 saturated carbocycles. The monoisotopic (exact) mass is 445 g/mol. The van der Waals surface area contributed by atoms with E-state index in [0.29, 0.717) is 28.4 Å². The summed E-state index contributed by atoms with van der Waals surface area (Å²) in [6.07, 6.45) is -1.76. The smallest absolute Gasteiger partial charge is 0.296 e. The summed E-state index contributed by atoms with van der Waals surface area (Å²) >= 11 is 6.32. The second kappa shape index (κ2) is 8.08. The minimum absolute atomic E-state index is 0.0139. The van der Waals surface area contributed by atoms with Crippen LogP contribution in [0.5, 0.6) is 11.9 Å². The van der Waals surface area contributed by atoms with Gasteiger partial charge in [-0.05, 0) is 24.6 Å². The fraction of sp³-hybridized carbons (Fsp3) is 0.381. The number of halogens is 1. The summed E-state index contributed by atoms with van der Waals surface area (Å²) in [6.45, 7) is 2.24. The first-order valence-corrected chi connectivity index (χ1v) is 10.2. The SMILES string of the molecule is CC(=O)c1cccc(COc2nc3nc(O[C@@H]4CO[C@H]5C4OC[C@H]5O)[nH]c3cc2Cl)c1. The number of nitrogens with one attached hydrogen (secondary N) is 1. The lowest BCUT2D eigenvalue weighted by atomic mass is 10.1. The summed E-state index contributed by atoms with van der Waals surface area (Å²) in [7, 11) is 0. The Labute approximate surface area is 182 Å². The molecule has 2 N–H and O–H groups in total. The first-order valence-electron chi connectivity index (χ1n) is 9.85. The van der Waals surface area contributed by atoms with Crippen molar-refractivity contribution in [2.75, 3.05) is 13.2 Å². The zero-order valence-corrected chi connectivity index (χ0v) is 17.3. The maximum atomic E-state index is 11.5. The Morgan fingerprint density at radius 1 is 1.26 bits per heavy atom. The van der Waals surface area contributed by atoms with E-state index in [4.69, 9.17) is 30.5 Å². The van der Waals surface area contributed by atoms with Gasteiger partial charge in [-0.1, -0.05) is 29.8 Å². The van der Waals surface area contributed by atoms with Crippen molar-refractivity contribution in [3.05, 3.63) is 46.5 Å². The first-order chi connectivity index (χ1) is 15.0. The third kappa shape index (κ3) is 3.97. The molecule has 5 rings (SSSR count). The van der Waals surface area contributed by atoms with Crippen LogP contribution in [0.15, 0.2) is 30.3 Å². The molecule has 0 aliphatic carbocycles. The number of aromatic nitrogens is 3. The molecule has 2 aliphatic rings. The topological polar surface area (TPSA) is 116 Å². The van der Waals surface area contributed by atoms with Crippen LogP contribution in [-0.4, -0.2) is 63.5 Å². The number of benzene rings is 1. The lowest BCUT2D eigenvalue weighted by Crippen LogP contribution is -2.34. The second-order valence-electron chi connectivity index (χ2n) is 7.55. The number of H-pyrrole nitrogens is 1. The van der Waals surface area contributed by atoms with Crippen LogP contribution in [-0.2, 0) is 16.1 Å². The van der Waals surface area contributed by atoms with Crippen molar-refractivity contribution in [2.24, 2.45) is 0 Å². The van der Waals surface area contributed by atoms with E-state index in [9.17, 15) is 9.90 Å². The van der Waals surface area contributed by atoms with Gasteiger partial charge >= 0.3 is 0 Å². The van der Waals surface area contributed by atoms with E-state index in [-0.39, 0.29) is 49.2 Å². The van der Waals surface area contributed by atoms with Gasteiger partial charge in [-0.15, -0.1) is 0 Å². The molecular weight excluding hydrogens is 426 g/mol. The highest BCUT2D eigenvalue weighted by molar-refractivity contribution is 6.32. The Bertz CT molecular complexity index is 1140. The number of carbonyl (C=O) groups is 1. The molecule has 10 heteroatoms. The average molecular weight is 446 g/mol. The van der Waals surface area contributed by atoms with Gasteiger partial charge in [0.05, 0.1) is 18.7 Å². The summed E-state index contributed by atoms with van der Waals surface area (Å²) in [6, 6.07) is 9.10. The van der Waals surface area contributed by atoms with E-state index >= 15 is 0 Å². The number of ether oxygens (including phenoxy) is 4. The van der Waals surface area contributed by atoms with Gasteiger partial charge in [0.15, 0.2) is 17.5 Å². The molecule has 9 nitrogen and oxygen atoms in total. The number of pyridine rings is 1. The third-order valence-electron chi connectivity index (χ3n) is 5.33. The van der Waals surface area contributed by atoms with Crippen LogP contribution >= 0.6 is 11.6 Å². The van der Waals surface area contributed by atoms with E-state index < -0.39 is 6.10 Å². The van der Waals surface area contributed by atoms with Gasteiger partial charge in [0, 0.05) is 5.56 Å². The number of aromatic amines is 1. The highest BCUT2D eigenvalue weighted by Gasteiger charge is 2.48. The summed E-state index contributed by atoms with van der Waals surface area (Å²) in [5, 5.41) is 10.2. The van der Waals surface area contributed by atoms with Crippen LogP contribution in [0.2, 0.25) is 5.02 Å². The number of fused-ring (bicyclic) bond motifs is 2. The van der Waals surface area contributed by atoms with Crippen molar-refractivity contribution in [1.82, 2.24) is 15.0 Å². The van der Waals surface area contributed by atoms with Gasteiger partial charge in [0.2, 0.25) is 5.88 Å². The molecule has 31 heavy (non-hydrogen) atoms. The second-order valence-corrected chi connectivity index (χ2v) is 7.96. The first kappa shape index (κ1) is 20.2. The van der Waals surface area contributed by atoms with Crippen molar-refractivity contribution in [3.8, 4) is 11.9 Å². The number of aliphatic hydroxyl groups is 1. The number of ketones is 1. The van der Waals surface area contributed by atoms with Gasteiger partial charge in [-0.3, -0.25) is 4.79 Å². The fourth-order valence-electron chi connectivity index (χ4n) is 3.76. The predicted molar refractivity (Wildman–Crippen MR) is 110 cm³/mol. The number of Topliss-reactive ketones (excluding diaryl/α,β-unsaturated/α-hetero) is 1. The molecule has 2 aromatic heterocycles. The molecule has 4 heterocycles. The molecule has 4 atom stereocenters. The number of imidazole rings is 1. The number of carbonyl (C=O) groups excluding carboxylic acids is 1. The molecule has 1 unspecified atom stereocenters. The maximum Gasteiger partial charge on any atom is 0.296 e. The summed E-state index contributed by atoms with van der Waals surface area (Å²) in [5.41, 5.74) is 2.41. The highest BCUT2D eigenvalue weighted by Crippen LogP contribution is 2.31. The van der Waals surface area contributed by atoms with E-state index in [1.54, 1.807) is 24.3 Å². The minimum atomic E-state index is -0.648. The zero-order chi connectivity index (χ0) is 21.5. The summed E-state index contributed by atoms with van der Waals surface area (Å²) in [4.78, 5) is 23.3. The molecule has 3 aromatic rings. The number of aliphatic hydroxyl groups excluding tert-OH is 1. The molecule has 0 bridgehead atoms. The summed E-state index contributed by atoms with van der Waals surface area (Å²) < 4.78 is 22.8. The van der Waals surface area contributed by atoms with Crippen molar-refractivity contribution in [1.29, 1.82) is 0 Å². The molecular formula is C21H20ClN3O6. The number of nitrogens with zero attached hydrogens (tertiary/aromatic N) is 2. The molecule has 162 valence electrons. The highest BCUT2D eigenvalue weighted by atomic mass is 35.5. The standard InChI is InChI=1S/C21H20ClN3O6/c1-10(26)12-4-2-3-11(5-12)7-30-20-13(22)6-14-19(24-20)25-21(23-14)31-16-9-29-17-15(27)8-28-18(16)17/h2-6,15-18,27H,7-9H2,1H3,(H,23,24,25)/t15-,16-,17-,18?/m1/s1. The van der Waals surface area contributed by atoms with Gasteiger partial charge in [-0.2, -0.15) is 9.97 Å². The van der Waals surface area contributed by atoms with Crippen molar-refractivity contribution < 1.29 is 28.8 Å². The Morgan fingerprint density at radius 2 is 2.10 bits per heavy atom. The molecule has 0 spiro atoms. The van der Waals surface area contributed by atoms with Crippen molar-refractivity contribution >= 4 is 28.5 Å². The maximum absolute atomic E-state index is 11.5. The van der Waals surface area contributed by atoms with Gasteiger partial charge in [0.25, 0.3) is 6.01 Å².